The van der Waals surface area contributed by atoms with Gasteiger partial charge in [-0.1, -0.05) is 6.58 Å². The molecular weight excluding hydrogens is 198 g/mol. The van der Waals surface area contributed by atoms with Crippen LogP contribution < -0.4 is 0 Å². The van der Waals surface area contributed by atoms with Gasteiger partial charge in [0.05, 0.1) is 0 Å². The number of ether oxygens (including phenoxy) is 1. The highest BCUT2D eigenvalue weighted by molar-refractivity contribution is 6.04. The fraction of sp³-hybridized carbons (Fsp3) is 0.300. The van der Waals surface area contributed by atoms with Crippen LogP contribution in [0.2, 0.25) is 0 Å². The molecule has 2 rings (SSSR count). The van der Waals surface area contributed by atoms with E-state index >= 15 is 0 Å². The van der Waals surface area contributed by atoms with Crippen molar-refractivity contribution in [3.63, 3.8) is 0 Å². The smallest absolute Gasteiger partial charge is 0.338 e. The maximum absolute atomic E-state index is 10.7. The van der Waals surface area contributed by atoms with E-state index in [2.05, 4.69) is 11.3 Å². The number of carbonyl (C=O) groups excluding carboxylic acids is 3. The molecule has 0 radical (unpaired) electrons. The minimum absolute atomic E-state index is 0.208. The summed E-state index contributed by atoms with van der Waals surface area (Å²) in [6.45, 7) is 4.36. The van der Waals surface area contributed by atoms with E-state index in [0.29, 0.717) is 6.42 Å². The molecule has 0 aliphatic carbocycles. The fourth-order valence-corrected chi connectivity index (χ4v) is 1.17. The Bertz CT molecular complexity index is 316. The van der Waals surface area contributed by atoms with E-state index in [4.69, 9.17) is 0 Å². The van der Waals surface area contributed by atoms with Crippen molar-refractivity contribution in [2.24, 2.45) is 0 Å². The number of cyclic esters (lactones) is 2. The molecule has 1 saturated heterocycles. The summed E-state index contributed by atoms with van der Waals surface area (Å²) in [6.07, 6.45) is 5.46. The van der Waals surface area contributed by atoms with Crippen molar-refractivity contribution in [2.75, 3.05) is 6.54 Å². The van der Waals surface area contributed by atoms with Crippen LogP contribution in [0.5, 0.6) is 0 Å². The van der Waals surface area contributed by atoms with Crippen LogP contribution >= 0.6 is 0 Å². The van der Waals surface area contributed by atoms with E-state index in [1.165, 1.54) is 0 Å². The molecule has 15 heavy (non-hydrogen) atoms. The highest BCUT2D eigenvalue weighted by Crippen LogP contribution is 2.08. The van der Waals surface area contributed by atoms with Crippen molar-refractivity contribution in [3.8, 4) is 0 Å². The highest BCUT2D eigenvalue weighted by atomic mass is 16.6. The molecule has 0 spiro atoms. The number of rotatable bonds is 1. The van der Waals surface area contributed by atoms with Gasteiger partial charge >= 0.3 is 11.9 Å². The standard InChI is InChI=1S/C6H9NO.C4H2O3/c1-2-7-5-3-4-6(7)8;5-3-1-2-4(6)7-3/h2H,1,3-5H2;1-2H. The quantitative estimate of drug-likeness (QED) is 0.462. The van der Waals surface area contributed by atoms with Crippen molar-refractivity contribution in [1.29, 1.82) is 0 Å². The molecular formula is C10H11NO4. The molecule has 0 bridgehead atoms. The van der Waals surface area contributed by atoms with Crippen molar-refractivity contribution in [2.45, 2.75) is 12.8 Å². The van der Waals surface area contributed by atoms with Crippen LogP contribution in [0.4, 0.5) is 0 Å². The summed E-state index contributed by atoms with van der Waals surface area (Å²) >= 11 is 0. The maximum Gasteiger partial charge on any atom is 0.338 e. The zero-order chi connectivity index (χ0) is 11.3. The zero-order valence-corrected chi connectivity index (χ0v) is 8.14. The van der Waals surface area contributed by atoms with Gasteiger partial charge in [0.25, 0.3) is 0 Å². The first-order valence-corrected chi connectivity index (χ1v) is 4.49. The topological polar surface area (TPSA) is 63.7 Å². The normalized spacial score (nSPS) is 18.7. The van der Waals surface area contributed by atoms with Gasteiger partial charge in [0.15, 0.2) is 0 Å². The molecule has 1 amide bonds. The van der Waals surface area contributed by atoms with Gasteiger partial charge in [-0.05, 0) is 12.6 Å². The molecule has 2 aliphatic rings. The number of carbonyl (C=O) groups is 3. The molecule has 80 valence electrons. The highest BCUT2D eigenvalue weighted by Gasteiger charge is 2.16. The van der Waals surface area contributed by atoms with E-state index in [1.807, 2.05) is 0 Å². The number of nitrogens with zero attached hydrogens (tertiary/aromatic N) is 1. The first kappa shape index (κ1) is 11.2. The van der Waals surface area contributed by atoms with Gasteiger partial charge in [-0.15, -0.1) is 0 Å². The molecule has 5 heteroatoms. The van der Waals surface area contributed by atoms with Gasteiger partial charge in [0, 0.05) is 25.1 Å². The van der Waals surface area contributed by atoms with Crippen LogP contribution in [0.25, 0.3) is 0 Å². The second-order valence-corrected chi connectivity index (χ2v) is 2.95. The second kappa shape index (κ2) is 5.09. The van der Waals surface area contributed by atoms with Crippen LogP contribution in [0.15, 0.2) is 24.9 Å². The Hall–Kier alpha value is -1.91. The van der Waals surface area contributed by atoms with Crippen molar-refractivity contribution < 1.29 is 19.1 Å². The first-order valence-electron chi connectivity index (χ1n) is 4.49. The molecule has 0 N–H and O–H groups in total. The van der Waals surface area contributed by atoms with Gasteiger partial charge in [-0.3, -0.25) is 4.79 Å². The monoisotopic (exact) mass is 209 g/mol. The van der Waals surface area contributed by atoms with Gasteiger partial charge in [-0.2, -0.15) is 0 Å². The average molecular weight is 209 g/mol. The third kappa shape index (κ3) is 3.38. The number of amides is 1. The Morgan fingerprint density at radius 3 is 2.07 bits per heavy atom. The summed E-state index contributed by atoms with van der Waals surface area (Å²) in [5.74, 6) is -0.949. The lowest BCUT2D eigenvalue weighted by molar-refractivity contribution is -0.150. The number of esters is 2. The van der Waals surface area contributed by atoms with Crippen molar-refractivity contribution in [1.82, 2.24) is 4.90 Å². The minimum Gasteiger partial charge on any atom is -0.387 e. The summed E-state index contributed by atoms with van der Waals surface area (Å²) in [5.41, 5.74) is 0. The average Bonchev–Trinajstić information content (AvgIpc) is 2.76. The van der Waals surface area contributed by atoms with E-state index in [0.717, 1.165) is 25.1 Å². The third-order valence-corrected chi connectivity index (χ3v) is 1.89. The lowest BCUT2D eigenvalue weighted by Gasteiger charge is -2.05. The van der Waals surface area contributed by atoms with Crippen LogP contribution in [0.1, 0.15) is 12.8 Å². The summed E-state index contributed by atoms with van der Waals surface area (Å²) in [7, 11) is 0. The fourth-order valence-electron chi connectivity index (χ4n) is 1.17. The molecule has 0 aromatic rings. The number of likely N-dealkylation sites (tertiary alicyclic amines) is 1. The Labute approximate surface area is 87.0 Å². The number of hydrogen-bond acceptors (Lipinski definition) is 4. The summed E-state index contributed by atoms with van der Waals surface area (Å²) < 4.78 is 3.97. The third-order valence-electron chi connectivity index (χ3n) is 1.89. The van der Waals surface area contributed by atoms with E-state index in [-0.39, 0.29) is 5.91 Å². The maximum atomic E-state index is 10.7. The lowest BCUT2D eigenvalue weighted by Crippen LogP contribution is -2.16. The van der Waals surface area contributed by atoms with E-state index in [9.17, 15) is 14.4 Å². The Morgan fingerprint density at radius 2 is 1.87 bits per heavy atom. The molecule has 5 nitrogen and oxygen atoms in total. The van der Waals surface area contributed by atoms with Crippen molar-refractivity contribution >= 4 is 17.8 Å². The summed E-state index contributed by atoms with van der Waals surface area (Å²) in [5, 5.41) is 0. The predicted octanol–water partition coefficient (Wildman–Crippen LogP) is 0.378. The predicted molar refractivity (Wildman–Crippen MR) is 51.4 cm³/mol. The first-order chi connectivity index (χ1) is 7.13. The van der Waals surface area contributed by atoms with Gasteiger partial charge in [0.1, 0.15) is 0 Å². The van der Waals surface area contributed by atoms with E-state index < -0.39 is 11.9 Å². The summed E-state index contributed by atoms with van der Waals surface area (Å²) in [6, 6.07) is 0. The SMILES string of the molecule is C=CN1CCCC1=O.O=C1C=CC(=O)O1. The van der Waals surface area contributed by atoms with Gasteiger partial charge in [0.2, 0.25) is 5.91 Å². The Kier molecular flexibility index (Phi) is 3.79. The molecule has 0 unspecified atom stereocenters. The van der Waals surface area contributed by atoms with Gasteiger partial charge in [-0.25, -0.2) is 9.59 Å². The summed E-state index contributed by atoms with van der Waals surface area (Å²) in [4.78, 5) is 32.2. The molecule has 2 heterocycles. The van der Waals surface area contributed by atoms with E-state index in [1.54, 1.807) is 11.1 Å². The molecule has 0 aromatic heterocycles. The molecule has 0 atom stereocenters. The van der Waals surface area contributed by atoms with Crippen LogP contribution in [-0.2, 0) is 19.1 Å². The van der Waals surface area contributed by atoms with Crippen LogP contribution in [0, 0.1) is 0 Å². The van der Waals surface area contributed by atoms with Gasteiger partial charge < -0.3 is 9.64 Å². The van der Waals surface area contributed by atoms with Crippen LogP contribution in [-0.4, -0.2) is 29.3 Å². The van der Waals surface area contributed by atoms with Crippen LogP contribution in [0.3, 0.4) is 0 Å². The van der Waals surface area contributed by atoms with Crippen molar-refractivity contribution in [3.05, 3.63) is 24.9 Å². The molecule has 1 fully saturated rings. The Balaban J connectivity index is 0.000000151. The second-order valence-electron chi connectivity index (χ2n) is 2.95. The minimum atomic E-state index is -0.579. The molecule has 2 aliphatic heterocycles. The lowest BCUT2D eigenvalue weighted by atomic mass is 10.4. The molecule has 0 saturated carbocycles. The largest absolute Gasteiger partial charge is 0.387 e. The zero-order valence-electron chi connectivity index (χ0n) is 8.14. The number of hydrogen-bond donors (Lipinski definition) is 0. The molecule has 0 aromatic carbocycles. The Morgan fingerprint density at radius 1 is 1.27 bits per heavy atom.